The normalized spacial score (nSPS) is 11.7. The van der Waals surface area contributed by atoms with Gasteiger partial charge in [-0.1, -0.05) is 218 Å². The summed E-state index contributed by atoms with van der Waals surface area (Å²) in [6.07, 6.45) is 0. The van der Waals surface area contributed by atoms with Gasteiger partial charge in [0.2, 0.25) is 0 Å². The maximum Gasteiger partial charge on any atom is 0.0999 e. The van der Waals surface area contributed by atoms with E-state index >= 15 is 0 Å². The van der Waals surface area contributed by atoms with Crippen LogP contribution in [0.25, 0.3) is 166 Å². The fraction of sp³-hybridized carbons (Fsp3) is 0. The molecule has 0 N–H and O–H groups in total. The van der Waals surface area contributed by atoms with Crippen molar-refractivity contribution in [1.29, 1.82) is 10.5 Å². The maximum atomic E-state index is 12.4. The Morgan fingerprint density at radius 1 is 0.196 bits per heavy atom. The van der Waals surface area contributed by atoms with Gasteiger partial charge in [0.05, 0.1) is 78.8 Å². The molecule has 0 unspecified atom stereocenters. The molecule has 0 bridgehead atoms. The maximum absolute atomic E-state index is 12.4. The van der Waals surface area contributed by atoms with E-state index in [-0.39, 0.29) is 0 Å². The summed E-state index contributed by atoms with van der Waals surface area (Å²) in [5.74, 6) is 0. The zero-order valence-corrected chi connectivity index (χ0v) is 49.7. The standard InChI is InChI=1S/C86H52N6/c87-53-63-45-65(89-75-33-17-13-29-67(75)71-47-59(37-41-79(71)89)55-21-5-1-6-22-55)51-83(91-77-35-19-15-31-69(77)73-49-61(39-43-81(73)91)57-25-9-3-10-26-57)85(63)86-64(54-88)46-66(90-76-34-18-14-30-68(76)72-48-60(38-42-80(72)90)56-23-7-2-8-24-56)52-84(86)92-78-36-20-16-32-70(78)74-50-62(40-44-82(74)92)58-27-11-4-12-28-58/h1-52H. The summed E-state index contributed by atoms with van der Waals surface area (Å²) in [6.45, 7) is 0. The molecule has 0 atom stereocenters. The Morgan fingerprint density at radius 2 is 0.435 bits per heavy atom. The topological polar surface area (TPSA) is 67.3 Å². The Kier molecular flexibility index (Phi) is 11.9. The van der Waals surface area contributed by atoms with Crippen molar-refractivity contribution in [2.75, 3.05) is 0 Å². The van der Waals surface area contributed by atoms with E-state index in [0.717, 1.165) is 154 Å². The third kappa shape index (κ3) is 8.12. The Bertz CT molecular complexity index is 5750. The van der Waals surface area contributed by atoms with Crippen molar-refractivity contribution in [1.82, 2.24) is 18.3 Å². The second-order valence-electron chi connectivity index (χ2n) is 23.8. The molecule has 426 valence electrons. The van der Waals surface area contributed by atoms with Crippen LogP contribution in [0, 0.1) is 22.7 Å². The first-order valence-electron chi connectivity index (χ1n) is 31.1. The number of fused-ring (bicyclic) bond motifs is 12. The SMILES string of the molecule is N#Cc1cc(-n2c3ccccc3c3cc(-c4ccccc4)ccc32)cc(-n2c3ccccc3c3cc(-c4ccccc4)ccc32)c1-c1c(C#N)cc(-n2c3ccccc3c3cc(-c4ccccc4)ccc32)cc1-n1c2ccccc2c2cc(-c3ccccc3)ccc21. The lowest BCUT2D eigenvalue weighted by Crippen LogP contribution is -2.08. The summed E-state index contributed by atoms with van der Waals surface area (Å²) in [5, 5.41) is 33.4. The van der Waals surface area contributed by atoms with Crippen molar-refractivity contribution in [2.45, 2.75) is 0 Å². The zero-order chi connectivity index (χ0) is 61.0. The lowest BCUT2D eigenvalue weighted by Gasteiger charge is -2.23. The Labute approximate surface area is 530 Å². The average Bonchev–Trinajstić information content (AvgIpc) is 1.51. The van der Waals surface area contributed by atoms with Crippen LogP contribution < -0.4 is 0 Å². The second-order valence-corrected chi connectivity index (χ2v) is 23.8. The summed E-state index contributed by atoms with van der Waals surface area (Å²) >= 11 is 0. The molecule has 0 fully saturated rings. The molecule has 14 aromatic carbocycles. The van der Waals surface area contributed by atoms with E-state index in [1.54, 1.807) is 0 Å². The van der Waals surface area contributed by atoms with E-state index in [0.29, 0.717) is 22.3 Å². The van der Waals surface area contributed by atoms with Gasteiger partial charge in [0.15, 0.2) is 0 Å². The predicted molar refractivity (Wildman–Crippen MR) is 380 cm³/mol. The van der Waals surface area contributed by atoms with Gasteiger partial charge in [-0.25, -0.2) is 0 Å². The molecule has 4 heterocycles. The second kappa shape index (κ2) is 21.0. The highest BCUT2D eigenvalue weighted by Crippen LogP contribution is 2.48. The lowest BCUT2D eigenvalue weighted by molar-refractivity contribution is 1.11. The van der Waals surface area contributed by atoms with Gasteiger partial charge in [-0.15, -0.1) is 0 Å². The molecule has 6 heteroatoms. The molecular weight excluding hydrogens is 1120 g/mol. The van der Waals surface area contributed by atoms with E-state index < -0.39 is 0 Å². The van der Waals surface area contributed by atoms with Crippen LogP contribution in [0.15, 0.2) is 315 Å². The summed E-state index contributed by atoms with van der Waals surface area (Å²) in [6, 6.07) is 118. The third-order valence-corrected chi connectivity index (χ3v) is 18.8. The zero-order valence-electron chi connectivity index (χ0n) is 49.7. The van der Waals surface area contributed by atoms with Crippen molar-refractivity contribution in [3.8, 4) is 90.5 Å². The minimum atomic E-state index is 0.416. The predicted octanol–water partition coefficient (Wildman–Crippen LogP) is 22.2. The van der Waals surface area contributed by atoms with Gasteiger partial charge in [-0.2, -0.15) is 10.5 Å². The summed E-state index contributed by atoms with van der Waals surface area (Å²) in [7, 11) is 0. The van der Waals surface area contributed by atoms with Crippen LogP contribution in [0.3, 0.4) is 0 Å². The van der Waals surface area contributed by atoms with Gasteiger partial charge in [-0.3, -0.25) is 0 Å². The van der Waals surface area contributed by atoms with Gasteiger partial charge in [0, 0.05) is 65.6 Å². The van der Waals surface area contributed by atoms with Crippen LogP contribution in [0.5, 0.6) is 0 Å². The van der Waals surface area contributed by atoms with Crippen molar-refractivity contribution in [2.24, 2.45) is 0 Å². The number of nitriles is 2. The Morgan fingerprint density at radius 3 is 0.717 bits per heavy atom. The number of benzene rings is 14. The molecule has 18 aromatic rings. The van der Waals surface area contributed by atoms with E-state index in [9.17, 15) is 10.5 Å². The highest BCUT2D eigenvalue weighted by Gasteiger charge is 2.29. The van der Waals surface area contributed by atoms with Gasteiger partial charge in [0.1, 0.15) is 0 Å². The van der Waals surface area contributed by atoms with Crippen LogP contribution in [0.2, 0.25) is 0 Å². The highest BCUT2D eigenvalue weighted by atomic mass is 15.0. The number of nitrogens with zero attached hydrogens (tertiary/aromatic N) is 6. The van der Waals surface area contributed by atoms with Crippen molar-refractivity contribution < 1.29 is 0 Å². The number of hydrogen-bond acceptors (Lipinski definition) is 2. The van der Waals surface area contributed by atoms with Gasteiger partial charge < -0.3 is 18.3 Å². The minimum absolute atomic E-state index is 0.416. The Balaban J connectivity index is 0.989. The van der Waals surface area contributed by atoms with Crippen LogP contribution >= 0.6 is 0 Å². The van der Waals surface area contributed by atoms with Gasteiger partial charge in [0.25, 0.3) is 0 Å². The first-order chi connectivity index (χ1) is 45.6. The molecule has 18 rings (SSSR count). The molecule has 0 aliphatic heterocycles. The van der Waals surface area contributed by atoms with Crippen LogP contribution in [-0.4, -0.2) is 18.3 Å². The molecule has 0 saturated carbocycles. The highest BCUT2D eigenvalue weighted by molar-refractivity contribution is 6.16. The monoisotopic (exact) mass is 1170 g/mol. The Hall–Kier alpha value is -12.7. The first kappa shape index (κ1) is 52.4. The lowest BCUT2D eigenvalue weighted by atomic mass is 9.91. The molecule has 0 aliphatic rings. The van der Waals surface area contributed by atoms with Crippen LogP contribution in [0.1, 0.15) is 11.1 Å². The van der Waals surface area contributed by atoms with E-state index in [1.165, 1.54) is 0 Å². The number of aromatic nitrogens is 4. The number of para-hydroxylation sites is 4. The smallest absolute Gasteiger partial charge is 0.0999 e. The molecule has 0 radical (unpaired) electrons. The summed E-state index contributed by atoms with van der Waals surface area (Å²) in [5.41, 5.74) is 22.1. The molecule has 0 aliphatic carbocycles. The fourth-order valence-corrected chi connectivity index (χ4v) is 14.7. The minimum Gasteiger partial charge on any atom is -0.309 e. The fourth-order valence-electron chi connectivity index (χ4n) is 14.7. The number of rotatable bonds is 9. The first-order valence-corrected chi connectivity index (χ1v) is 31.1. The number of hydrogen-bond donors (Lipinski definition) is 0. The molecule has 0 saturated heterocycles. The molecule has 4 aromatic heterocycles. The molecule has 0 amide bonds. The van der Waals surface area contributed by atoms with Crippen molar-refractivity contribution >= 4 is 87.2 Å². The summed E-state index contributed by atoms with van der Waals surface area (Å²) in [4.78, 5) is 0. The molecule has 0 spiro atoms. The van der Waals surface area contributed by atoms with Crippen molar-refractivity contribution in [3.63, 3.8) is 0 Å². The van der Waals surface area contributed by atoms with Crippen molar-refractivity contribution in [3.05, 3.63) is 327 Å². The quantitative estimate of drug-likeness (QED) is 0.145. The molecule has 92 heavy (non-hydrogen) atoms. The van der Waals surface area contributed by atoms with Crippen LogP contribution in [0.4, 0.5) is 0 Å². The van der Waals surface area contributed by atoms with Gasteiger partial charge in [-0.05, 0) is 142 Å². The van der Waals surface area contributed by atoms with Gasteiger partial charge >= 0.3 is 0 Å². The summed E-state index contributed by atoms with van der Waals surface area (Å²) < 4.78 is 9.31. The molecular formula is C86H52N6. The van der Waals surface area contributed by atoms with E-state index in [1.807, 2.05) is 12.1 Å². The van der Waals surface area contributed by atoms with E-state index in [2.05, 4.69) is 334 Å². The average molecular weight is 1170 g/mol. The third-order valence-electron chi connectivity index (χ3n) is 18.8. The van der Waals surface area contributed by atoms with E-state index in [4.69, 9.17) is 0 Å². The largest absolute Gasteiger partial charge is 0.309 e. The molecule has 6 nitrogen and oxygen atoms in total. The van der Waals surface area contributed by atoms with Crippen LogP contribution in [-0.2, 0) is 0 Å².